The first-order chi connectivity index (χ1) is 14.3. The van der Waals surface area contributed by atoms with Gasteiger partial charge in [0.1, 0.15) is 11.5 Å². The van der Waals surface area contributed by atoms with Crippen molar-refractivity contribution in [3.05, 3.63) is 72.3 Å². The summed E-state index contributed by atoms with van der Waals surface area (Å²) in [4.78, 5) is 0. The predicted octanol–water partition coefficient (Wildman–Crippen LogP) is 5.33. The lowest BCUT2D eigenvalue weighted by Crippen LogP contribution is -2.03. The molecule has 0 atom stereocenters. The number of aliphatic hydroxyl groups is 1. The molecule has 4 nitrogen and oxygen atoms in total. The molecule has 3 aromatic carbocycles. The van der Waals surface area contributed by atoms with Crippen molar-refractivity contribution in [1.29, 1.82) is 0 Å². The lowest BCUT2D eigenvalue weighted by atomic mass is 9.89. The van der Waals surface area contributed by atoms with Crippen LogP contribution in [-0.4, -0.2) is 31.5 Å². The number of ether oxygens (including phenoxy) is 3. The van der Waals surface area contributed by atoms with Crippen molar-refractivity contribution in [3.8, 4) is 33.8 Å². The molecule has 0 aliphatic rings. The SMILES string of the molecule is CCOc1ccccc1-c1cccc(COCCO)c1-c1ccccc1OCC. The van der Waals surface area contributed by atoms with Crippen molar-refractivity contribution in [2.24, 2.45) is 0 Å². The van der Waals surface area contributed by atoms with Gasteiger partial charge < -0.3 is 19.3 Å². The largest absolute Gasteiger partial charge is 0.493 e. The molecular formula is C25H28O4. The first kappa shape index (κ1) is 20.9. The Balaban J connectivity index is 2.21. The van der Waals surface area contributed by atoms with E-state index in [2.05, 4.69) is 24.3 Å². The van der Waals surface area contributed by atoms with Crippen LogP contribution in [0.15, 0.2) is 66.7 Å². The predicted molar refractivity (Wildman–Crippen MR) is 116 cm³/mol. The zero-order valence-corrected chi connectivity index (χ0v) is 17.1. The van der Waals surface area contributed by atoms with Crippen molar-refractivity contribution < 1.29 is 19.3 Å². The van der Waals surface area contributed by atoms with Gasteiger partial charge in [-0.25, -0.2) is 0 Å². The van der Waals surface area contributed by atoms with E-state index in [1.807, 2.05) is 56.3 Å². The van der Waals surface area contributed by atoms with Gasteiger partial charge in [-0.2, -0.15) is 0 Å². The minimum atomic E-state index is -0.00225. The summed E-state index contributed by atoms with van der Waals surface area (Å²) >= 11 is 0. The number of rotatable bonds is 10. The Bertz CT molecular complexity index is 920. The van der Waals surface area contributed by atoms with Crippen LogP contribution in [0.4, 0.5) is 0 Å². The number of para-hydroxylation sites is 2. The molecule has 0 spiro atoms. The molecule has 0 heterocycles. The van der Waals surface area contributed by atoms with Crippen LogP contribution in [0.1, 0.15) is 19.4 Å². The Morgan fingerprint density at radius 2 is 1.28 bits per heavy atom. The Labute approximate surface area is 172 Å². The second-order valence-electron chi connectivity index (χ2n) is 6.47. The van der Waals surface area contributed by atoms with Crippen molar-refractivity contribution in [1.82, 2.24) is 0 Å². The monoisotopic (exact) mass is 392 g/mol. The zero-order valence-electron chi connectivity index (χ0n) is 17.1. The van der Waals surface area contributed by atoms with Crippen LogP contribution in [0.5, 0.6) is 11.5 Å². The highest BCUT2D eigenvalue weighted by atomic mass is 16.5. The number of hydrogen-bond acceptors (Lipinski definition) is 4. The average molecular weight is 392 g/mol. The van der Waals surface area contributed by atoms with E-state index in [4.69, 9.17) is 19.3 Å². The van der Waals surface area contributed by atoms with Crippen LogP contribution in [-0.2, 0) is 11.3 Å². The van der Waals surface area contributed by atoms with E-state index in [0.717, 1.165) is 39.3 Å². The summed E-state index contributed by atoms with van der Waals surface area (Å²) < 4.78 is 17.5. The van der Waals surface area contributed by atoms with Crippen LogP contribution in [0.2, 0.25) is 0 Å². The smallest absolute Gasteiger partial charge is 0.127 e. The van der Waals surface area contributed by atoms with Crippen LogP contribution in [0.3, 0.4) is 0 Å². The molecule has 0 radical (unpaired) electrons. The fraction of sp³-hybridized carbons (Fsp3) is 0.280. The summed E-state index contributed by atoms with van der Waals surface area (Å²) in [5.74, 6) is 1.68. The van der Waals surface area contributed by atoms with Gasteiger partial charge in [-0.1, -0.05) is 54.6 Å². The van der Waals surface area contributed by atoms with Crippen molar-refractivity contribution in [2.75, 3.05) is 26.4 Å². The van der Waals surface area contributed by atoms with Gasteiger partial charge in [0.2, 0.25) is 0 Å². The maximum Gasteiger partial charge on any atom is 0.127 e. The molecule has 0 aliphatic carbocycles. The number of hydrogen-bond donors (Lipinski definition) is 1. The van der Waals surface area contributed by atoms with Gasteiger partial charge in [0.25, 0.3) is 0 Å². The first-order valence-corrected chi connectivity index (χ1v) is 10.0. The normalized spacial score (nSPS) is 10.7. The molecule has 1 N–H and O–H groups in total. The lowest BCUT2D eigenvalue weighted by Gasteiger charge is -2.20. The maximum atomic E-state index is 9.11. The van der Waals surface area contributed by atoms with E-state index in [1.165, 1.54) is 0 Å². The molecule has 0 amide bonds. The molecule has 0 fully saturated rings. The molecule has 0 unspecified atom stereocenters. The molecule has 0 aromatic heterocycles. The summed E-state index contributed by atoms with van der Waals surface area (Å²) in [7, 11) is 0. The highest BCUT2D eigenvalue weighted by Crippen LogP contribution is 2.42. The van der Waals surface area contributed by atoms with Gasteiger partial charge in [0.05, 0.1) is 33.0 Å². The van der Waals surface area contributed by atoms with Crippen molar-refractivity contribution in [3.63, 3.8) is 0 Å². The molecule has 4 heteroatoms. The Hall–Kier alpha value is -2.82. The highest BCUT2D eigenvalue weighted by Gasteiger charge is 2.18. The van der Waals surface area contributed by atoms with E-state index in [1.54, 1.807) is 0 Å². The van der Waals surface area contributed by atoms with Gasteiger partial charge in [-0.3, -0.25) is 0 Å². The molecule has 0 saturated carbocycles. The fourth-order valence-corrected chi connectivity index (χ4v) is 3.43. The third-order valence-electron chi connectivity index (χ3n) is 4.58. The second-order valence-corrected chi connectivity index (χ2v) is 6.47. The summed E-state index contributed by atoms with van der Waals surface area (Å²) in [6.07, 6.45) is 0. The number of benzene rings is 3. The quantitative estimate of drug-likeness (QED) is 0.474. The molecule has 152 valence electrons. The van der Waals surface area contributed by atoms with E-state index < -0.39 is 0 Å². The van der Waals surface area contributed by atoms with Gasteiger partial charge in [-0.05, 0) is 42.7 Å². The van der Waals surface area contributed by atoms with E-state index in [9.17, 15) is 0 Å². The molecule has 0 saturated heterocycles. The van der Waals surface area contributed by atoms with Gasteiger partial charge in [0.15, 0.2) is 0 Å². The first-order valence-electron chi connectivity index (χ1n) is 10.0. The Kier molecular flexibility index (Phi) is 7.68. The van der Waals surface area contributed by atoms with Crippen LogP contribution < -0.4 is 9.47 Å². The van der Waals surface area contributed by atoms with E-state index in [-0.39, 0.29) is 6.61 Å². The third-order valence-corrected chi connectivity index (χ3v) is 4.58. The Morgan fingerprint density at radius 3 is 1.93 bits per heavy atom. The molecule has 3 rings (SSSR count). The minimum Gasteiger partial charge on any atom is -0.493 e. The second kappa shape index (κ2) is 10.6. The van der Waals surface area contributed by atoms with E-state index >= 15 is 0 Å². The number of aliphatic hydroxyl groups excluding tert-OH is 1. The fourth-order valence-electron chi connectivity index (χ4n) is 3.43. The van der Waals surface area contributed by atoms with Gasteiger partial charge >= 0.3 is 0 Å². The molecule has 3 aromatic rings. The van der Waals surface area contributed by atoms with Gasteiger partial charge in [0, 0.05) is 11.1 Å². The highest BCUT2D eigenvalue weighted by molar-refractivity contribution is 5.90. The third kappa shape index (κ3) is 4.97. The molecule has 29 heavy (non-hydrogen) atoms. The molecular weight excluding hydrogens is 364 g/mol. The minimum absolute atomic E-state index is 0.00225. The van der Waals surface area contributed by atoms with Crippen LogP contribution >= 0.6 is 0 Å². The summed E-state index contributed by atoms with van der Waals surface area (Å²) in [6.45, 7) is 5.86. The van der Waals surface area contributed by atoms with Gasteiger partial charge in [-0.15, -0.1) is 0 Å². The summed E-state index contributed by atoms with van der Waals surface area (Å²) in [5.41, 5.74) is 5.20. The maximum absolute atomic E-state index is 9.11. The van der Waals surface area contributed by atoms with E-state index in [0.29, 0.717) is 26.4 Å². The van der Waals surface area contributed by atoms with Crippen molar-refractivity contribution >= 4 is 0 Å². The molecule has 0 aliphatic heterocycles. The summed E-state index contributed by atoms with van der Waals surface area (Å²) in [6, 6.07) is 22.3. The van der Waals surface area contributed by atoms with Crippen LogP contribution in [0.25, 0.3) is 22.3 Å². The standard InChI is InChI=1S/C25H28O4/c1-3-28-23-14-7-5-11-20(23)21-13-9-10-19(18-27-17-16-26)25(21)22-12-6-8-15-24(22)29-4-2/h5-15,26H,3-4,16-18H2,1-2H3. The van der Waals surface area contributed by atoms with Crippen molar-refractivity contribution in [2.45, 2.75) is 20.5 Å². The molecule has 0 bridgehead atoms. The zero-order chi connectivity index (χ0) is 20.5. The van der Waals surface area contributed by atoms with Crippen LogP contribution in [0, 0.1) is 0 Å². The topological polar surface area (TPSA) is 47.9 Å². The lowest BCUT2D eigenvalue weighted by molar-refractivity contribution is 0.0818. The summed E-state index contributed by atoms with van der Waals surface area (Å²) in [5, 5.41) is 9.11. The Morgan fingerprint density at radius 1 is 0.690 bits per heavy atom. The average Bonchev–Trinajstić information content (AvgIpc) is 2.75.